The van der Waals surface area contributed by atoms with Crippen LogP contribution in [0.4, 0.5) is 4.39 Å². The smallest absolute Gasteiger partial charge is 0.243 e. The molecule has 2 rings (SSSR count). The Morgan fingerprint density at radius 3 is 2.27 bits per heavy atom. The second-order valence-corrected chi connectivity index (χ2v) is 9.64. The standard InChI is InChI=1S/C24H33FN2O5S/c1-5-14-27(17-19-8-13-22(32-15-6-2)23(16-19)31-7-3)24(28)18-26(4)33(29,30)21-11-9-20(25)10-12-21/h8-13,16H,5-7,14-15,17-18H2,1-4H3. The number of ether oxygens (including phenoxy) is 2. The van der Waals surface area contributed by atoms with Gasteiger partial charge in [-0.3, -0.25) is 4.79 Å². The summed E-state index contributed by atoms with van der Waals surface area (Å²) in [6, 6.07) is 10.1. The molecule has 0 aliphatic carbocycles. The largest absolute Gasteiger partial charge is 0.490 e. The number of benzene rings is 2. The number of carbonyl (C=O) groups excluding carboxylic acids is 1. The average Bonchev–Trinajstić information content (AvgIpc) is 2.78. The third kappa shape index (κ3) is 7.43. The fourth-order valence-electron chi connectivity index (χ4n) is 3.19. The maximum Gasteiger partial charge on any atom is 0.243 e. The van der Waals surface area contributed by atoms with Gasteiger partial charge in [0.15, 0.2) is 11.5 Å². The zero-order chi connectivity index (χ0) is 24.4. The van der Waals surface area contributed by atoms with Crippen molar-refractivity contribution in [1.82, 2.24) is 9.21 Å². The number of sulfonamides is 1. The van der Waals surface area contributed by atoms with E-state index in [4.69, 9.17) is 9.47 Å². The Bertz CT molecular complexity index is 1010. The molecule has 9 heteroatoms. The summed E-state index contributed by atoms with van der Waals surface area (Å²) in [6.45, 7) is 7.38. The van der Waals surface area contributed by atoms with Crippen LogP contribution in [0, 0.1) is 5.82 Å². The molecule has 0 saturated carbocycles. The Morgan fingerprint density at radius 1 is 0.970 bits per heavy atom. The van der Waals surface area contributed by atoms with Crippen molar-refractivity contribution in [3.63, 3.8) is 0 Å². The van der Waals surface area contributed by atoms with Gasteiger partial charge in [-0.15, -0.1) is 0 Å². The molecule has 33 heavy (non-hydrogen) atoms. The third-order valence-electron chi connectivity index (χ3n) is 4.87. The number of likely N-dealkylation sites (N-methyl/N-ethyl adjacent to an activating group) is 1. The number of hydrogen-bond donors (Lipinski definition) is 0. The second-order valence-electron chi connectivity index (χ2n) is 7.59. The van der Waals surface area contributed by atoms with Crippen LogP contribution < -0.4 is 9.47 Å². The van der Waals surface area contributed by atoms with Crippen LogP contribution in [0.2, 0.25) is 0 Å². The Kier molecular flexibility index (Phi) is 10.1. The summed E-state index contributed by atoms with van der Waals surface area (Å²) in [4.78, 5) is 14.6. The average molecular weight is 481 g/mol. The quantitative estimate of drug-likeness (QED) is 0.432. The first-order valence-electron chi connectivity index (χ1n) is 11.1. The summed E-state index contributed by atoms with van der Waals surface area (Å²) < 4.78 is 51.1. The minimum atomic E-state index is -3.92. The number of carbonyl (C=O) groups is 1. The lowest BCUT2D eigenvalue weighted by atomic mass is 10.1. The molecule has 0 atom stereocenters. The van der Waals surface area contributed by atoms with Crippen molar-refractivity contribution in [3.8, 4) is 11.5 Å². The summed E-state index contributed by atoms with van der Waals surface area (Å²) in [5, 5.41) is 0. The molecule has 0 unspecified atom stereocenters. The Hall–Kier alpha value is -2.65. The van der Waals surface area contributed by atoms with E-state index in [0.29, 0.717) is 37.8 Å². The van der Waals surface area contributed by atoms with Crippen LogP contribution in [0.5, 0.6) is 11.5 Å². The highest BCUT2D eigenvalue weighted by Gasteiger charge is 2.25. The molecule has 0 aromatic heterocycles. The molecule has 0 fully saturated rings. The van der Waals surface area contributed by atoms with Gasteiger partial charge in [0.2, 0.25) is 15.9 Å². The fraction of sp³-hybridized carbons (Fsp3) is 0.458. The van der Waals surface area contributed by atoms with Gasteiger partial charge in [-0.25, -0.2) is 12.8 Å². The van der Waals surface area contributed by atoms with Crippen molar-refractivity contribution in [2.75, 3.05) is 33.4 Å². The maximum absolute atomic E-state index is 13.2. The van der Waals surface area contributed by atoms with Crippen LogP contribution in [0.3, 0.4) is 0 Å². The molecule has 182 valence electrons. The number of halogens is 1. The summed E-state index contributed by atoms with van der Waals surface area (Å²) in [7, 11) is -2.58. The molecule has 0 bridgehead atoms. The third-order valence-corrected chi connectivity index (χ3v) is 6.69. The highest BCUT2D eigenvalue weighted by molar-refractivity contribution is 7.89. The molecule has 1 amide bonds. The molecular formula is C24H33FN2O5S. The van der Waals surface area contributed by atoms with Gasteiger partial charge in [-0.1, -0.05) is 19.9 Å². The Morgan fingerprint density at radius 2 is 1.67 bits per heavy atom. The monoisotopic (exact) mass is 480 g/mol. The molecule has 0 saturated heterocycles. The summed E-state index contributed by atoms with van der Waals surface area (Å²) in [5.74, 6) is 0.415. The van der Waals surface area contributed by atoms with Gasteiger partial charge in [-0.2, -0.15) is 4.31 Å². The number of amides is 1. The van der Waals surface area contributed by atoms with E-state index in [1.165, 1.54) is 19.2 Å². The lowest BCUT2D eigenvalue weighted by molar-refractivity contribution is -0.131. The highest BCUT2D eigenvalue weighted by Crippen LogP contribution is 2.29. The van der Waals surface area contributed by atoms with Crippen LogP contribution in [-0.4, -0.2) is 56.9 Å². The molecule has 2 aromatic rings. The van der Waals surface area contributed by atoms with Crippen LogP contribution in [-0.2, 0) is 21.4 Å². The van der Waals surface area contributed by atoms with Gasteiger partial charge in [0.1, 0.15) is 5.82 Å². The number of rotatable bonds is 13. The minimum Gasteiger partial charge on any atom is -0.490 e. The summed E-state index contributed by atoms with van der Waals surface area (Å²) in [6.07, 6.45) is 1.59. The van der Waals surface area contributed by atoms with E-state index in [0.717, 1.165) is 34.8 Å². The van der Waals surface area contributed by atoms with Gasteiger partial charge in [0.05, 0.1) is 24.7 Å². The lowest BCUT2D eigenvalue weighted by Gasteiger charge is -2.25. The molecule has 0 heterocycles. The van der Waals surface area contributed by atoms with Gasteiger partial charge in [-0.05, 0) is 61.7 Å². The minimum absolute atomic E-state index is 0.0646. The maximum atomic E-state index is 13.2. The van der Waals surface area contributed by atoms with Crippen LogP contribution >= 0.6 is 0 Å². The topological polar surface area (TPSA) is 76.2 Å². The summed E-state index contributed by atoms with van der Waals surface area (Å²) in [5.41, 5.74) is 0.855. The van der Waals surface area contributed by atoms with E-state index in [2.05, 4.69) is 0 Å². The molecule has 7 nitrogen and oxygen atoms in total. The van der Waals surface area contributed by atoms with Gasteiger partial charge in [0, 0.05) is 20.1 Å². The normalized spacial score (nSPS) is 11.5. The predicted molar refractivity (Wildman–Crippen MR) is 125 cm³/mol. The lowest BCUT2D eigenvalue weighted by Crippen LogP contribution is -2.41. The predicted octanol–water partition coefficient (Wildman–Crippen LogP) is 4.07. The van der Waals surface area contributed by atoms with E-state index in [1.54, 1.807) is 4.90 Å². The number of nitrogens with zero attached hydrogens (tertiary/aromatic N) is 2. The van der Waals surface area contributed by atoms with Crippen molar-refractivity contribution in [2.24, 2.45) is 0 Å². The fourth-order valence-corrected chi connectivity index (χ4v) is 4.31. The highest BCUT2D eigenvalue weighted by atomic mass is 32.2. The SMILES string of the molecule is CCCOc1ccc(CN(CCC)C(=O)CN(C)S(=O)(=O)c2ccc(F)cc2)cc1OCC. The first kappa shape index (κ1) is 26.6. The van der Waals surface area contributed by atoms with Crippen molar-refractivity contribution in [1.29, 1.82) is 0 Å². The van der Waals surface area contributed by atoms with Crippen LogP contribution in [0.15, 0.2) is 47.4 Å². The van der Waals surface area contributed by atoms with E-state index >= 15 is 0 Å². The van der Waals surface area contributed by atoms with E-state index in [1.807, 2.05) is 39.0 Å². The van der Waals surface area contributed by atoms with Crippen molar-refractivity contribution in [3.05, 3.63) is 53.8 Å². The summed E-state index contributed by atoms with van der Waals surface area (Å²) >= 11 is 0. The van der Waals surface area contributed by atoms with E-state index < -0.39 is 15.8 Å². The molecule has 0 aliphatic rings. The molecule has 0 spiro atoms. The Balaban J connectivity index is 2.16. The van der Waals surface area contributed by atoms with Crippen LogP contribution in [0.1, 0.15) is 39.2 Å². The molecular weight excluding hydrogens is 447 g/mol. The molecule has 0 radical (unpaired) electrons. The number of hydrogen-bond acceptors (Lipinski definition) is 5. The molecule has 2 aromatic carbocycles. The van der Waals surface area contributed by atoms with Gasteiger partial charge >= 0.3 is 0 Å². The second kappa shape index (κ2) is 12.6. The first-order valence-corrected chi connectivity index (χ1v) is 12.5. The van der Waals surface area contributed by atoms with Crippen molar-refractivity contribution >= 4 is 15.9 Å². The molecule has 0 aliphatic heterocycles. The van der Waals surface area contributed by atoms with Crippen LogP contribution in [0.25, 0.3) is 0 Å². The van der Waals surface area contributed by atoms with Gasteiger partial charge in [0.25, 0.3) is 0 Å². The zero-order valence-electron chi connectivity index (χ0n) is 19.7. The first-order chi connectivity index (χ1) is 15.7. The Labute approximate surface area is 196 Å². The van der Waals surface area contributed by atoms with E-state index in [9.17, 15) is 17.6 Å². The van der Waals surface area contributed by atoms with Crippen molar-refractivity contribution in [2.45, 2.75) is 45.1 Å². The van der Waals surface area contributed by atoms with Crippen molar-refractivity contribution < 1.29 is 27.1 Å². The van der Waals surface area contributed by atoms with E-state index in [-0.39, 0.29) is 17.3 Å². The zero-order valence-corrected chi connectivity index (χ0v) is 20.5. The van der Waals surface area contributed by atoms with Gasteiger partial charge < -0.3 is 14.4 Å². The molecule has 0 N–H and O–H groups in total.